The Hall–Kier alpha value is -1.69. The Bertz CT molecular complexity index is 1060. The summed E-state index contributed by atoms with van der Waals surface area (Å²) in [7, 11) is -2.29. The molecule has 1 N–H and O–H groups in total. The number of amides is 1. The molecule has 196 valence electrons. The highest BCUT2D eigenvalue weighted by Gasteiger charge is 2.51. The molecule has 1 aromatic rings. The SMILES string of the molecule is CO[C@H]1COCCC1N[C@H]1CC[C@](C(=O)N2Cc3cc(C(F)(F)F)ccc3S(=O)(=O)C2)(C(C)C)C1. The van der Waals surface area contributed by atoms with E-state index in [4.69, 9.17) is 9.47 Å². The molecule has 1 unspecified atom stereocenters. The Morgan fingerprint density at radius 3 is 2.69 bits per heavy atom. The van der Waals surface area contributed by atoms with E-state index in [0.29, 0.717) is 26.1 Å². The summed E-state index contributed by atoms with van der Waals surface area (Å²) >= 11 is 0. The fourth-order valence-electron chi connectivity index (χ4n) is 5.78. The number of halogens is 3. The quantitative estimate of drug-likeness (QED) is 0.644. The minimum Gasteiger partial charge on any atom is -0.379 e. The van der Waals surface area contributed by atoms with Crippen molar-refractivity contribution in [2.45, 2.75) is 75.3 Å². The molecule has 2 aliphatic heterocycles. The fourth-order valence-corrected chi connectivity index (χ4v) is 7.33. The third-order valence-electron chi connectivity index (χ3n) is 7.83. The fraction of sp³-hybridized carbons (Fsp3) is 0.708. The highest BCUT2D eigenvalue weighted by Crippen LogP contribution is 2.47. The van der Waals surface area contributed by atoms with E-state index >= 15 is 0 Å². The normalized spacial score (nSPS) is 30.9. The van der Waals surface area contributed by atoms with Crippen LogP contribution in [0.15, 0.2) is 23.1 Å². The van der Waals surface area contributed by atoms with E-state index in [-0.39, 0.29) is 47.0 Å². The summed E-state index contributed by atoms with van der Waals surface area (Å²) in [5.41, 5.74) is -1.70. The maximum Gasteiger partial charge on any atom is 0.416 e. The molecule has 35 heavy (non-hydrogen) atoms. The van der Waals surface area contributed by atoms with Crippen LogP contribution in [0.2, 0.25) is 0 Å². The van der Waals surface area contributed by atoms with Crippen molar-refractivity contribution in [1.82, 2.24) is 10.2 Å². The van der Waals surface area contributed by atoms with Gasteiger partial charge in [-0.25, -0.2) is 8.42 Å². The summed E-state index contributed by atoms with van der Waals surface area (Å²) in [5.74, 6) is -0.901. The number of ether oxygens (including phenoxy) is 2. The molecule has 4 rings (SSSR count). The monoisotopic (exact) mass is 518 g/mol. The molecule has 1 amide bonds. The van der Waals surface area contributed by atoms with Crippen LogP contribution in [0.4, 0.5) is 13.2 Å². The first kappa shape index (κ1) is 26.4. The van der Waals surface area contributed by atoms with Crippen LogP contribution in [-0.4, -0.2) is 63.6 Å². The standard InChI is InChI=1S/C24H33F3N2O5S/c1-15(2)23(8-6-18(11-23)28-19-7-9-34-13-20(19)33-3)22(30)29-12-16-10-17(24(25,26)27)4-5-21(16)35(31,32)14-29/h4-5,10,15,18-20,28H,6-9,11-14H2,1-3H3/t18-,19?,20-,23+/m0/s1. The molecular formula is C24H33F3N2O5S. The Morgan fingerprint density at radius 1 is 1.29 bits per heavy atom. The summed E-state index contributed by atoms with van der Waals surface area (Å²) in [6.45, 7) is 4.86. The van der Waals surface area contributed by atoms with Crippen LogP contribution < -0.4 is 5.32 Å². The molecule has 0 radical (unpaired) electrons. The molecule has 3 aliphatic rings. The van der Waals surface area contributed by atoms with Crippen molar-refractivity contribution in [2.24, 2.45) is 11.3 Å². The lowest BCUT2D eigenvalue weighted by molar-refractivity contribution is -0.144. The first-order valence-corrected chi connectivity index (χ1v) is 13.6. The topological polar surface area (TPSA) is 84.9 Å². The van der Waals surface area contributed by atoms with Gasteiger partial charge in [0.1, 0.15) is 5.88 Å². The van der Waals surface area contributed by atoms with Crippen molar-refractivity contribution in [3.8, 4) is 0 Å². The van der Waals surface area contributed by atoms with Crippen LogP contribution in [0.1, 0.15) is 50.7 Å². The van der Waals surface area contributed by atoms with Crippen molar-refractivity contribution in [1.29, 1.82) is 0 Å². The first-order chi connectivity index (χ1) is 16.4. The van der Waals surface area contributed by atoms with Crippen molar-refractivity contribution in [3.63, 3.8) is 0 Å². The zero-order valence-electron chi connectivity index (χ0n) is 20.2. The minimum absolute atomic E-state index is 0.0103. The maximum atomic E-state index is 13.9. The first-order valence-electron chi connectivity index (χ1n) is 12.0. The number of hydrogen-bond donors (Lipinski definition) is 1. The van der Waals surface area contributed by atoms with E-state index < -0.39 is 32.9 Å². The van der Waals surface area contributed by atoms with E-state index in [2.05, 4.69) is 5.32 Å². The molecule has 1 aromatic carbocycles. The Kier molecular flexibility index (Phi) is 7.27. The Morgan fingerprint density at radius 2 is 2.03 bits per heavy atom. The number of alkyl halides is 3. The predicted molar refractivity (Wildman–Crippen MR) is 122 cm³/mol. The number of benzene rings is 1. The number of sulfone groups is 1. The van der Waals surface area contributed by atoms with Gasteiger partial charge in [0.05, 0.1) is 28.6 Å². The van der Waals surface area contributed by atoms with Crippen molar-refractivity contribution in [2.75, 3.05) is 26.2 Å². The summed E-state index contributed by atoms with van der Waals surface area (Å²) < 4.78 is 76.6. The van der Waals surface area contributed by atoms with Crippen LogP contribution in [0.5, 0.6) is 0 Å². The van der Waals surface area contributed by atoms with Gasteiger partial charge in [0, 0.05) is 32.3 Å². The number of nitrogens with one attached hydrogen (secondary N) is 1. The molecule has 0 aromatic heterocycles. The number of carbonyl (C=O) groups is 1. The lowest BCUT2D eigenvalue weighted by atomic mass is 9.74. The summed E-state index contributed by atoms with van der Waals surface area (Å²) in [6, 6.07) is 2.78. The third-order valence-corrected chi connectivity index (χ3v) is 9.55. The number of nitrogens with zero attached hydrogens (tertiary/aromatic N) is 1. The maximum absolute atomic E-state index is 13.9. The van der Waals surface area contributed by atoms with Crippen LogP contribution >= 0.6 is 0 Å². The second-order valence-electron chi connectivity index (χ2n) is 10.2. The van der Waals surface area contributed by atoms with Gasteiger partial charge in [0.25, 0.3) is 0 Å². The molecule has 4 atom stereocenters. The predicted octanol–water partition coefficient (Wildman–Crippen LogP) is 3.37. The van der Waals surface area contributed by atoms with Crippen LogP contribution in [0.25, 0.3) is 0 Å². The Balaban J connectivity index is 1.56. The molecule has 2 heterocycles. The van der Waals surface area contributed by atoms with Crippen LogP contribution in [0.3, 0.4) is 0 Å². The van der Waals surface area contributed by atoms with E-state index in [1.807, 2.05) is 13.8 Å². The lowest BCUT2D eigenvalue weighted by Crippen LogP contribution is -2.52. The van der Waals surface area contributed by atoms with Gasteiger partial charge in [-0.05, 0) is 55.4 Å². The number of hydrogen-bond acceptors (Lipinski definition) is 6. The molecule has 0 spiro atoms. The molecular weight excluding hydrogens is 485 g/mol. The molecule has 1 saturated carbocycles. The van der Waals surface area contributed by atoms with Gasteiger partial charge < -0.3 is 19.7 Å². The minimum atomic E-state index is -4.60. The van der Waals surface area contributed by atoms with Crippen LogP contribution in [0, 0.1) is 11.3 Å². The van der Waals surface area contributed by atoms with E-state index in [1.165, 1.54) is 4.90 Å². The summed E-state index contributed by atoms with van der Waals surface area (Å²) in [4.78, 5) is 15.0. The molecule has 11 heteroatoms. The number of methoxy groups -OCH3 is 1. The Labute approximate surface area is 204 Å². The lowest BCUT2D eigenvalue weighted by Gasteiger charge is -2.40. The van der Waals surface area contributed by atoms with E-state index in [1.54, 1.807) is 7.11 Å². The van der Waals surface area contributed by atoms with E-state index in [0.717, 1.165) is 31.0 Å². The second kappa shape index (κ2) is 9.64. The number of rotatable bonds is 5. The van der Waals surface area contributed by atoms with Gasteiger partial charge in [-0.15, -0.1) is 0 Å². The highest BCUT2D eigenvalue weighted by molar-refractivity contribution is 7.91. The van der Waals surface area contributed by atoms with E-state index in [9.17, 15) is 26.4 Å². The molecule has 1 saturated heterocycles. The van der Waals surface area contributed by atoms with Gasteiger partial charge >= 0.3 is 6.18 Å². The number of fused-ring (bicyclic) bond motifs is 1. The number of carbonyl (C=O) groups excluding carboxylic acids is 1. The largest absolute Gasteiger partial charge is 0.416 e. The van der Waals surface area contributed by atoms with Crippen molar-refractivity contribution >= 4 is 15.7 Å². The van der Waals surface area contributed by atoms with Gasteiger partial charge in [-0.1, -0.05) is 13.8 Å². The third kappa shape index (κ3) is 5.10. The zero-order valence-corrected chi connectivity index (χ0v) is 21.0. The average Bonchev–Trinajstić information content (AvgIpc) is 3.22. The van der Waals surface area contributed by atoms with Gasteiger partial charge in [-0.3, -0.25) is 4.79 Å². The van der Waals surface area contributed by atoms with Gasteiger partial charge in [0.15, 0.2) is 9.84 Å². The van der Waals surface area contributed by atoms with Gasteiger partial charge in [-0.2, -0.15) is 13.2 Å². The molecule has 0 bridgehead atoms. The highest BCUT2D eigenvalue weighted by atomic mass is 32.2. The van der Waals surface area contributed by atoms with Gasteiger partial charge in [0.2, 0.25) is 5.91 Å². The average molecular weight is 519 g/mol. The summed E-state index contributed by atoms with van der Waals surface area (Å²) in [6.07, 6.45) is -2.04. The summed E-state index contributed by atoms with van der Waals surface area (Å²) in [5, 5.41) is 3.62. The molecule has 1 aliphatic carbocycles. The van der Waals surface area contributed by atoms with Crippen molar-refractivity contribution < 1.29 is 35.9 Å². The second-order valence-corrected chi connectivity index (χ2v) is 12.2. The van der Waals surface area contributed by atoms with Crippen molar-refractivity contribution in [3.05, 3.63) is 29.3 Å². The molecule has 7 nitrogen and oxygen atoms in total. The molecule has 2 fully saturated rings. The smallest absolute Gasteiger partial charge is 0.379 e. The zero-order chi connectivity index (χ0) is 25.6. The van der Waals surface area contributed by atoms with Crippen LogP contribution in [-0.2, 0) is 36.8 Å².